The highest BCUT2D eigenvalue weighted by molar-refractivity contribution is 6.45. The summed E-state index contributed by atoms with van der Waals surface area (Å²) in [4.78, 5) is 40.4. The molecule has 1 aliphatic heterocycles. The summed E-state index contributed by atoms with van der Waals surface area (Å²) >= 11 is 0. The average Bonchev–Trinajstić information content (AvgIpc) is 3.04. The molecular weight excluding hydrogens is 374 g/mol. The molecule has 148 valence electrons. The van der Waals surface area contributed by atoms with Crippen molar-refractivity contribution in [1.29, 1.82) is 0 Å². The van der Waals surface area contributed by atoms with Crippen molar-refractivity contribution < 1.29 is 23.9 Å². The van der Waals surface area contributed by atoms with Crippen LogP contribution in [0.25, 0.3) is 10.9 Å². The molecule has 0 saturated heterocycles. The predicted molar refractivity (Wildman–Crippen MR) is 104 cm³/mol. The fourth-order valence-electron chi connectivity index (χ4n) is 3.72. The molecule has 3 aromatic rings. The summed E-state index contributed by atoms with van der Waals surface area (Å²) in [6.45, 7) is 2.10. The number of carbonyl (C=O) groups is 3. The Hall–Kier alpha value is -3.68. The number of ketones is 1. The van der Waals surface area contributed by atoms with Crippen molar-refractivity contribution in [2.75, 3.05) is 13.2 Å². The van der Waals surface area contributed by atoms with Gasteiger partial charge < -0.3 is 19.8 Å². The number of esters is 1. The van der Waals surface area contributed by atoms with E-state index in [9.17, 15) is 14.4 Å². The number of ether oxygens (including phenoxy) is 2. The number of amides is 1. The predicted octanol–water partition coefficient (Wildman–Crippen LogP) is 1.60. The van der Waals surface area contributed by atoms with E-state index in [0.29, 0.717) is 29.6 Å². The van der Waals surface area contributed by atoms with E-state index in [0.717, 1.165) is 11.1 Å². The lowest BCUT2D eigenvalue weighted by atomic mass is 9.96. The number of nitrogens with two attached hydrogens (primary N) is 1. The smallest absolute Gasteiger partial charge is 0.344 e. The van der Waals surface area contributed by atoms with Crippen molar-refractivity contribution in [3.63, 3.8) is 0 Å². The molecule has 0 saturated carbocycles. The van der Waals surface area contributed by atoms with Crippen LogP contribution >= 0.6 is 0 Å². The van der Waals surface area contributed by atoms with E-state index in [4.69, 9.17) is 15.2 Å². The Bertz CT molecular complexity index is 1150. The minimum Gasteiger partial charge on any atom is -0.465 e. The second kappa shape index (κ2) is 7.38. The van der Waals surface area contributed by atoms with Crippen LogP contribution in [-0.4, -0.2) is 40.4 Å². The molecule has 0 radical (unpaired) electrons. The van der Waals surface area contributed by atoms with E-state index in [1.54, 1.807) is 13.0 Å². The summed E-state index contributed by atoms with van der Waals surface area (Å²) in [6.07, 6.45) is 2.01. The molecular formula is C21H19N3O5. The first kappa shape index (κ1) is 18.7. The van der Waals surface area contributed by atoms with Gasteiger partial charge in [-0.15, -0.1) is 0 Å². The highest BCUT2D eigenvalue weighted by Crippen LogP contribution is 2.37. The van der Waals surface area contributed by atoms with E-state index in [2.05, 4.69) is 4.98 Å². The quantitative estimate of drug-likeness (QED) is 0.302. The summed E-state index contributed by atoms with van der Waals surface area (Å²) in [5.41, 5.74) is 9.06. The summed E-state index contributed by atoms with van der Waals surface area (Å²) < 4.78 is 12.4. The first-order valence-electron chi connectivity index (χ1n) is 9.20. The normalized spacial score (nSPS) is 12.2. The monoisotopic (exact) mass is 393 g/mol. The van der Waals surface area contributed by atoms with Crippen molar-refractivity contribution in [3.05, 3.63) is 58.9 Å². The van der Waals surface area contributed by atoms with Gasteiger partial charge in [-0.2, -0.15) is 0 Å². The van der Waals surface area contributed by atoms with Crippen LogP contribution in [0.15, 0.2) is 36.5 Å². The van der Waals surface area contributed by atoms with Crippen molar-refractivity contribution in [2.45, 2.75) is 19.9 Å². The number of fused-ring (bicyclic) bond motifs is 4. The zero-order valence-corrected chi connectivity index (χ0v) is 15.8. The molecule has 0 atom stereocenters. The van der Waals surface area contributed by atoms with E-state index in [1.807, 2.05) is 28.8 Å². The van der Waals surface area contributed by atoms with Gasteiger partial charge in [-0.25, -0.2) is 9.78 Å². The summed E-state index contributed by atoms with van der Waals surface area (Å²) in [5, 5.41) is 0.378. The number of pyridine rings is 1. The van der Waals surface area contributed by atoms with Crippen LogP contribution in [0.1, 0.15) is 34.1 Å². The molecule has 8 nitrogen and oxygen atoms in total. The van der Waals surface area contributed by atoms with Gasteiger partial charge >= 0.3 is 5.97 Å². The summed E-state index contributed by atoms with van der Waals surface area (Å²) in [7, 11) is 0. The number of hydrogen-bond acceptors (Lipinski definition) is 6. The van der Waals surface area contributed by atoms with Crippen LogP contribution in [0, 0.1) is 0 Å². The second-order valence-corrected chi connectivity index (χ2v) is 6.65. The lowest BCUT2D eigenvalue weighted by molar-refractivity contribution is -0.145. The standard InChI is InChI=1S/C21H19N3O5/c1-2-28-16(25)11-29-21-18-14(7-8-23-21)24-10-13-6-4-3-5-12(13)9-15(24)17(18)19(26)20(22)27/h3-8H,2,9-11H2,1H3,(H2,22,27). The van der Waals surface area contributed by atoms with Crippen LogP contribution in [0.4, 0.5) is 0 Å². The number of rotatable bonds is 6. The summed E-state index contributed by atoms with van der Waals surface area (Å²) in [6, 6.07) is 9.66. The maximum absolute atomic E-state index is 12.7. The number of Topliss-reactive ketones (excluding diaryl/α,β-unsaturated/α-hetero) is 1. The van der Waals surface area contributed by atoms with E-state index in [1.165, 1.54) is 6.20 Å². The van der Waals surface area contributed by atoms with Crippen molar-refractivity contribution in [3.8, 4) is 5.88 Å². The van der Waals surface area contributed by atoms with Gasteiger partial charge in [0.1, 0.15) is 0 Å². The third-order valence-electron chi connectivity index (χ3n) is 4.94. The third kappa shape index (κ3) is 3.22. The molecule has 2 N–H and O–H groups in total. The maximum Gasteiger partial charge on any atom is 0.344 e. The van der Waals surface area contributed by atoms with Crippen LogP contribution in [0.3, 0.4) is 0 Å². The van der Waals surface area contributed by atoms with Gasteiger partial charge in [0.25, 0.3) is 11.7 Å². The van der Waals surface area contributed by atoms with E-state index >= 15 is 0 Å². The Morgan fingerprint density at radius 3 is 2.66 bits per heavy atom. The number of hydrogen-bond donors (Lipinski definition) is 1. The van der Waals surface area contributed by atoms with Crippen LogP contribution < -0.4 is 10.5 Å². The minimum absolute atomic E-state index is 0.0890. The fourth-order valence-corrected chi connectivity index (χ4v) is 3.72. The minimum atomic E-state index is -1.06. The zero-order valence-electron chi connectivity index (χ0n) is 15.8. The van der Waals surface area contributed by atoms with Crippen molar-refractivity contribution in [1.82, 2.24) is 9.55 Å². The average molecular weight is 393 g/mol. The number of carbonyl (C=O) groups excluding carboxylic acids is 3. The van der Waals surface area contributed by atoms with Gasteiger partial charge in [0.05, 0.1) is 23.1 Å². The molecule has 8 heteroatoms. The molecule has 0 aliphatic carbocycles. The lowest BCUT2D eigenvalue weighted by Gasteiger charge is -2.20. The van der Waals surface area contributed by atoms with E-state index in [-0.39, 0.29) is 24.7 Å². The Morgan fingerprint density at radius 1 is 1.17 bits per heavy atom. The zero-order chi connectivity index (χ0) is 20.5. The summed E-state index contributed by atoms with van der Waals surface area (Å²) in [5.74, 6) is -2.33. The Kier molecular flexibility index (Phi) is 4.75. The third-order valence-corrected chi connectivity index (χ3v) is 4.94. The highest BCUT2D eigenvalue weighted by atomic mass is 16.6. The number of aromatic nitrogens is 2. The Morgan fingerprint density at radius 2 is 1.93 bits per heavy atom. The van der Waals surface area contributed by atoms with Crippen LogP contribution in [-0.2, 0) is 27.3 Å². The lowest BCUT2D eigenvalue weighted by Crippen LogP contribution is -2.25. The fraction of sp³-hybridized carbons (Fsp3) is 0.238. The van der Waals surface area contributed by atoms with Gasteiger partial charge in [0, 0.05) is 24.9 Å². The van der Waals surface area contributed by atoms with Crippen molar-refractivity contribution >= 4 is 28.6 Å². The Balaban J connectivity index is 1.88. The maximum atomic E-state index is 12.7. The van der Waals surface area contributed by atoms with Gasteiger partial charge in [-0.1, -0.05) is 24.3 Å². The van der Waals surface area contributed by atoms with Gasteiger partial charge in [0.2, 0.25) is 5.88 Å². The molecule has 4 rings (SSSR count). The molecule has 0 bridgehead atoms. The molecule has 1 aliphatic rings. The largest absolute Gasteiger partial charge is 0.465 e. The van der Waals surface area contributed by atoms with Crippen LogP contribution in [0.5, 0.6) is 5.88 Å². The molecule has 2 aromatic heterocycles. The first-order chi connectivity index (χ1) is 14.0. The molecule has 0 spiro atoms. The SMILES string of the molecule is CCOC(=O)COc1nccc2c1c(C(=O)C(N)=O)c1n2Cc2ccccc2C1. The molecule has 3 heterocycles. The number of nitrogens with zero attached hydrogens (tertiary/aromatic N) is 2. The molecule has 1 aromatic carbocycles. The highest BCUT2D eigenvalue weighted by Gasteiger charge is 2.31. The molecule has 0 fully saturated rings. The van der Waals surface area contributed by atoms with Gasteiger partial charge in [-0.05, 0) is 24.1 Å². The number of primary amides is 1. The second-order valence-electron chi connectivity index (χ2n) is 6.65. The molecule has 0 unspecified atom stereocenters. The Labute approximate surface area is 166 Å². The van der Waals surface area contributed by atoms with Gasteiger partial charge in [-0.3, -0.25) is 9.59 Å². The topological polar surface area (TPSA) is 114 Å². The van der Waals surface area contributed by atoms with Crippen LogP contribution in [0.2, 0.25) is 0 Å². The first-order valence-corrected chi connectivity index (χ1v) is 9.20. The van der Waals surface area contributed by atoms with Crippen molar-refractivity contribution in [2.24, 2.45) is 5.73 Å². The molecule has 1 amide bonds. The molecule has 29 heavy (non-hydrogen) atoms. The van der Waals surface area contributed by atoms with E-state index < -0.39 is 17.7 Å². The van der Waals surface area contributed by atoms with Gasteiger partial charge in [0.15, 0.2) is 6.61 Å². The number of benzene rings is 1.